The topological polar surface area (TPSA) is 55.7 Å². The van der Waals surface area contributed by atoms with Crippen molar-refractivity contribution in [2.24, 2.45) is 5.18 Å². The van der Waals surface area contributed by atoms with E-state index in [1.807, 2.05) is 0 Å². The number of hydrogen-bond donors (Lipinski definition) is 0. The number of nitrogens with zero attached hydrogens (tertiary/aromatic N) is 1. The largest absolute Gasteiger partial charge is 0.465 e. The molecule has 0 bridgehead atoms. The molecule has 1 saturated carbocycles. The van der Waals surface area contributed by atoms with E-state index in [1.165, 1.54) is 0 Å². The fourth-order valence-electron chi connectivity index (χ4n) is 1.37. The first-order valence-corrected chi connectivity index (χ1v) is 3.78. The molecule has 0 radical (unpaired) electrons. The Morgan fingerprint density at radius 1 is 1.27 bits per heavy atom. The summed E-state index contributed by atoms with van der Waals surface area (Å²) in [6, 6.07) is -0.0542. The first kappa shape index (κ1) is 8.17. The Bertz CT molecular complexity index is 141. The Morgan fingerprint density at radius 2 is 1.91 bits per heavy atom. The molecule has 0 aromatic heterocycles. The third kappa shape index (κ3) is 2.29. The normalized spacial score (nSPS) is 30.9. The number of ether oxygens (including phenoxy) is 1. The van der Waals surface area contributed by atoms with Gasteiger partial charge in [-0.15, -0.1) is 0 Å². The molecule has 1 aliphatic rings. The highest BCUT2D eigenvalue weighted by Crippen LogP contribution is 2.22. The van der Waals surface area contributed by atoms with Gasteiger partial charge < -0.3 is 4.74 Å². The maximum absolute atomic E-state index is 10.1. The fraction of sp³-hybridized carbons (Fsp3) is 0.857. The van der Waals surface area contributed by atoms with E-state index in [0.717, 1.165) is 25.7 Å². The van der Waals surface area contributed by atoms with Gasteiger partial charge in [-0.3, -0.25) is 4.79 Å². The first-order chi connectivity index (χ1) is 5.36. The van der Waals surface area contributed by atoms with Crippen molar-refractivity contribution >= 4 is 6.47 Å². The highest BCUT2D eigenvalue weighted by molar-refractivity contribution is 5.37. The molecule has 62 valence electrons. The van der Waals surface area contributed by atoms with Crippen LogP contribution in [0.15, 0.2) is 5.18 Å². The molecule has 4 nitrogen and oxygen atoms in total. The van der Waals surface area contributed by atoms with Crippen LogP contribution in [0.5, 0.6) is 0 Å². The number of carbonyl (C=O) groups is 1. The minimum absolute atomic E-state index is 0.0190. The summed E-state index contributed by atoms with van der Waals surface area (Å²) in [6.45, 7) is 0.472. The summed E-state index contributed by atoms with van der Waals surface area (Å²) in [4.78, 5) is 20.0. The molecule has 0 atom stereocenters. The van der Waals surface area contributed by atoms with E-state index in [2.05, 4.69) is 5.18 Å². The van der Waals surface area contributed by atoms with E-state index in [4.69, 9.17) is 4.74 Å². The molecule has 0 aliphatic heterocycles. The molecule has 0 spiro atoms. The average Bonchev–Trinajstić information content (AvgIpc) is 2.07. The van der Waals surface area contributed by atoms with Crippen molar-refractivity contribution in [2.45, 2.75) is 37.8 Å². The molecule has 0 amide bonds. The van der Waals surface area contributed by atoms with E-state index < -0.39 is 0 Å². The van der Waals surface area contributed by atoms with Crippen LogP contribution in [0.1, 0.15) is 25.7 Å². The van der Waals surface area contributed by atoms with Gasteiger partial charge in [0.15, 0.2) is 0 Å². The van der Waals surface area contributed by atoms with Crippen LogP contribution in [0.25, 0.3) is 0 Å². The van der Waals surface area contributed by atoms with Crippen LogP contribution in [0.3, 0.4) is 0 Å². The number of hydrogen-bond acceptors (Lipinski definition) is 4. The highest BCUT2D eigenvalue weighted by Gasteiger charge is 2.21. The van der Waals surface area contributed by atoms with Crippen LogP contribution in [-0.2, 0) is 9.53 Å². The Hall–Kier alpha value is -0.930. The van der Waals surface area contributed by atoms with Gasteiger partial charge in [0.1, 0.15) is 6.10 Å². The van der Waals surface area contributed by atoms with Crippen LogP contribution in [0.2, 0.25) is 0 Å². The molecular formula is C7H11NO3. The van der Waals surface area contributed by atoms with Gasteiger partial charge in [0.25, 0.3) is 6.47 Å². The zero-order valence-corrected chi connectivity index (χ0v) is 6.23. The van der Waals surface area contributed by atoms with Crippen molar-refractivity contribution in [3.63, 3.8) is 0 Å². The summed E-state index contributed by atoms with van der Waals surface area (Å²) >= 11 is 0. The summed E-state index contributed by atoms with van der Waals surface area (Å²) in [5.41, 5.74) is 0. The van der Waals surface area contributed by atoms with Crippen LogP contribution in [-0.4, -0.2) is 18.6 Å². The van der Waals surface area contributed by atoms with Crippen molar-refractivity contribution < 1.29 is 9.53 Å². The van der Waals surface area contributed by atoms with Crippen LogP contribution < -0.4 is 0 Å². The van der Waals surface area contributed by atoms with Crippen molar-refractivity contribution in [1.29, 1.82) is 0 Å². The summed E-state index contributed by atoms with van der Waals surface area (Å²) in [6.07, 6.45) is 3.07. The molecule has 4 heteroatoms. The lowest BCUT2D eigenvalue weighted by atomic mass is 9.94. The molecule has 0 aromatic carbocycles. The second-order valence-corrected chi connectivity index (χ2v) is 2.77. The van der Waals surface area contributed by atoms with E-state index in [1.54, 1.807) is 0 Å². The van der Waals surface area contributed by atoms with Gasteiger partial charge in [0, 0.05) is 0 Å². The van der Waals surface area contributed by atoms with Crippen molar-refractivity contribution in [2.75, 3.05) is 0 Å². The lowest BCUT2D eigenvalue weighted by molar-refractivity contribution is -0.134. The second kappa shape index (κ2) is 4.05. The minimum atomic E-state index is -0.0542. The number of rotatable bonds is 3. The summed E-state index contributed by atoms with van der Waals surface area (Å²) in [7, 11) is 0. The van der Waals surface area contributed by atoms with Crippen molar-refractivity contribution in [1.82, 2.24) is 0 Å². The molecule has 0 unspecified atom stereocenters. The van der Waals surface area contributed by atoms with Gasteiger partial charge >= 0.3 is 0 Å². The standard InChI is InChI=1S/C7H11NO3/c9-5-11-7-3-1-6(8-10)2-4-7/h5-7H,1-4H2. The summed E-state index contributed by atoms with van der Waals surface area (Å²) < 4.78 is 4.75. The smallest absolute Gasteiger partial charge is 0.293 e. The number of carbonyl (C=O) groups excluding carboxylic acids is 1. The van der Waals surface area contributed by atoms with Crippen LogP contribution in [0.4, 0.5) is 0 Å². The average molecular weight is 157 g/mol. The molecule has 0 aromatic rings. The van der Waals surface area contributed by atoms with Crippen LogP contribution in [0, 0.1) is 4.91 Å². The van der Waals surface area contributed by atoms with Gasteiger partial charge in [-0.05, 0) is 25.7 Å². The molecule has 1 fully saturated rings. The van der Waals surface area contributed by atoms with Gasteiger partial charge in [-0.1, -0.05) is 5.18 Å². The maximum atomic E-state index is 10.1. The minimum Gasteiger partial charge on any atom is -0.465 e. The fourth-order valence-corrected chi connectivity index (χ4v) is 1.37. The monoisotopic (exact) mass is 157 g/mol. The van der Waals surface area contributed by atoms with Crippen molar-refractivity contribution in [3.05, 3.63) is 4.91 Å². The van der Waals surface area contributed by atoms with Gasteiger partial charge in [0.05, 0.1) is 6.04 Å². The highest BCUT2D eigenvalue weighted by atomic mass is 16.5. The zero-order chi connectivity index (χ0) is 8.10. The Balaban J connectivity index is 2.23. The van der Waals surface area contributed by atoms with E-state index >= 15 is 0 Å². The Kier molecular flexibility index (Phi) is 3.01. The predicted octanol–water partition coefficient (Wildman–Crippen LogP) is 1.24. The predicted molar refractivity (Wildman–Crippen MR) is 39.0 cm³/mol. The Morgan fingerprint density at radius 3 is 2.36 bits per heavy atom. The SMILES string of the molecule is O=COC1CCC(N=O)CC1. The molecule has 0 N–H and O–H groups in total. The third-order valence-electron chi connectivity index (χ3n) is 2.04. The molecule has 0 saturated heterocycles. The molecule has 0 heterocycles. The van der Waals surface area contributed by atoms with E-state index in [0.29, 0.717) is 6.47 Å². The maximum Gasteiger partial charge on any atom is 0.293 e. The van der Waals surface area contributed by atoms with Gasteiger partial charge in [0.2, 0.25) is 0 Å². The van der Waals surface area contributed by atoms with Crippen molar-refractivity contribution in [3.8, 4) is 0 Å². The molecule has 1 rings (SSSR count). The van der Waals surface area contributed by atoms with Gasteiger partial charge in [-0.2, -0.15) is 4.91 Å². The summed E-state index contributed by atoms with van der Waals surface area (Å²) in [5, 5.41) is 2.95. The number of nitroso groups, excluding NO2 is 1. The first-order valence-electron chi connectivity index (χ1n) is 3.78. The van der Waals surface area contributed by atoms with E-state index in [-0.39, 0.29) is 12.1 Å². The molecule has 1 aliphatic carbocycles. The summed E-state index contributed by atoms with van der Waals surface area (Å²) in [5.74, 6) is 0. The lowest BCUT2D eigenvalue weighted by Gasteiger charge is -2.22. The zero-order valence-electron chi connectivity index (χ0n) is 6.23. The molecule has 11 heavy (non-hydrogen) atoms. The molecular weight excluding hydrogens is 146 g/mol. The quantitative estimate of drug-likeness (QED) is 0.457. The lowest BCUT2D eigenvalue weighted by Crippen LogP contribution is -2.22. The van der Waals surface area contributed by atoms with Crippen LogP contribution >= 0.6 is 0 Å². The van der Waals surface area contributed by atoms with E-state index in [9.17, 15) is 9.70 Å². The second-order valence-electron chi connectivity index (χ2n) is 2.77. The Labute approximate surface area is 64.9 Å². The third-order valence-corrected chi connectivity index (χ3v) is 2.04. The van der Waals surface area contributed by atoms with Gasteiger partial charge in [-0.25, -0.2) is 0 Å².